The molecule has 0 bridgehead atoms. The smallest absolute Gasteiger partial charge is 0.280 e. The summed E-state index contributed by atoms with van der Waals surface area (Å²) in [4.78, 5) is 35.1. The third kappa shape index (κ3) is 5.60. The van der Waals surface area contributed by atoms with Crippen LogP contribution in [0.2, 0.25) is 0 Å². The lowest BCUT2D eigenvalue weighted by atomic mass is 9.95. The molecule has 12 nitrogen and oxygen atoms in total. The SMILES string of the molecule is CCOc1cncc(-c2cnc(C(=O)N[C@H](c3cc(NS(=O)(=O)C4CC4)ncn3)[C@@H]3CCOC3)s2)n1. The maximum absolute atomic E-state index is 13.2. The molecule has 3 aromatic heterocycles. The molecular weight excluding hydrogens is 506 g/mol. The Bertz CT molecular complexity index is 1340. The second-order valence-electron chi connectivity index (χ2n) is 8.45. The van der Waals surface area contributed by atoms with Gasteiger partial charge in [-0.2, -0.15) is 0 Å². The fraction of sp³-hybridized carbons (Fsp3) is 0.455. The molecule has 1 saturated heterocycles. The standard InChI is InChI=1S/C22H25N7O5S2/c1-2-34-19-10-23-8-16(27-19)17-9-24-22(35-17)21(30)28-20(13-5-6-33-11-13)15-7-18(26-12-25-15)29-36(31,32)14-3-4-14/h7-10,12-14,20H,2-6,11H2,1H3,(H,28,30)(H,25,26,29)/t13-,20+/m1/s1. The van der Waals surface area contributed by atoms with Gasteiger partial charge in [0.15, 0.2) is 5.01 Å². The van der Waals surface area contributed by atoms with Crippen LogP contribution in [0.4, 0.5) is 5.82 Å². The molecular formula is C22H25N7O5S2. The van der Waals surface area contributed by atoms with Gasteiger partial charge in [-0.1, -0.05) is 0 Å². The van der Waals surface area contributed by atoms with Crippen molar-refractivity contribution in [2.24, 2.45) is 5.92 Å². The Hall–Kier alpha value is -3.23. The van der Waals surface area contributed by atoms with Gasteiger partial charge >= 0.3 is 0 Å². The number of carbonyl (C=O) groups is 1. The predicted octanol–water partition coefficient (Wildman–Crippen LogP) is 2.20. The zero-order valence-electron chi connectivity index (χ0n) is 19.5. The normalized spacial score (nSPS) is 18.5. The molecule has 0 radical (unpaired) electrons. The van der Waals surface area contributed by atoms with Crippen LogP contribution in [0, 0.1) is 5.92 Å². The van der Waals surface area contributed by atoms with E-state index in [0.717, 1.165) is 6.42 Å². The van der Waals surface area contributed by atoms with Gasteiger partial charge < -0.3 is 14.8 Å². The Kier molecular flexibility index (Phi) is 7.07. The van der Waals surface area contributed by atoms with Crippen LogP contribution in [-0.2, 0) is 14.8 Å². The van der Waals surface area contributed by atoms with E-state index >= 15 is 0 Å². The van der Waals surface area contributed by atoms with E-state index in [9.17, 15) is 13.2 Å². The van der Waals surface area contributed by atoms with Crippen LogP contribution < -0.4 is 14.8 Å². The highest BCUT2D eigenvalue weighted by Crippen LogP contribution is 2.32. The van der Waals surface area contributed by atoms with Gasteiger partial charge in [-0.3, -0.25) is 14.5 Å². The highest BCUT2D eigenvalue weighted by molar-refractivity contribution is 7.93. The van der Waals surface area contributed by atoms with Crippen LogP contribution in [0.5, 0.6) is 5.88 Å². The summed E-state index contributed by atoms with van der Waals surface area (Å²) in [5.41, 5.74) is 1.05. The Balaban J connectivity index is 1.35. The molecule has 2 aliphatic rings. The Morgan fingerprint density at radius 1 is 1.22 bits per heavy atom. The third-order valence-electron chi connectivity index (χ3n) is 5.80. The molecule has 2 fully saturated rings. The number of amides is 1. The predicted molar refractivity (Wildman–Crippen MR) is 131 cm³/mol. The number of carbonyl (C=O) groups excluding carboxylic acids is 1. The first-order chi connectivity index (χ1) is 17.4. The average Bonchev–Trinajstić information content (AvgIpc) is 3.38. The Labute approximate surface area is 212 Å². The van der Waals surface area contributed by atoms with Gasteiger partial charge in [0.05, 0.1) is 47.5 Å². The number of hydrogen-bond acceptors (Lipinski definition) is 11. The van der Waals surface area contributed by atoms with Crippen LogP contribution in [-0.4, -0.2) is 64.3 Å². The van der Waals surface area contributed by atoms with Crippen molar-refractivity contribution in [1.82, 2.24) is 30.2 Å². The molecule has 1 amide bonds. The maximum Gasteiger partial charge on any atom is 0.280 e. The van der Waals surface area contributed by atoms with Gasteiger partial charge in [-0.15, -0.1) is 11.3 Å². The van der Waals surface area contributed by atoms with E-state index in [1.54, 1.807) is 18.5 Å². The summed E-state index contributed by atoms with van der Waals surface area (Å²) in [5, 5.41) is 2.88. The van der Waals surface area contributed by atoms with Crippen molar-refractivity contribution in [2.75, 3.05) is 24.5 Å². The first-order valence-electron chi connectivity index (χ1n) is 11.6. The van der Waals surface area contributed by atoms with Crippen molar-refractivity contribution in [3.05, 3.63) is 41.7 Å². The number of aromatic nitrogens is 5. The second kappa shape index (κ2) is 10.4. The van der Waals surface area contributed by atoms with E-state index in [4.69, 9.17) is 9.47 Å². The lowest BCUT2D eigenvalue weighted by molar-refractivity contribution is 0.0914. The number of hydrogen-bond donors (Lipinski definition) is 2. The lowest BCUT2D eigenvalue weighted by Crippen LogP contribution is -2.34. The van der Waals surface area contributed by atoms with Crippen molar-refractivity contribution in [1.29, 1.82) is 0 Å². The topological polar surface area (TPSA) is 158 Å². The molecule has 0 aromatic carbocycles. The molecule has 2 atom stereocenters. The van der Waals surface area contributed by atoms with Crippen LogP contribution in [0.1, 0.15) is 47.7 Å². The zero-order chi connectivity index (χ0) is 25.1. The molecule has 0 unspecified atom stereocenters. The summed E-state index contributed by atoms with van der Waals surface area (Å²) in [6.07, 6.45) is 7.98. The number of nitrogens with zero attached hydrogens (tertiary/aromatic N) is 5. The van der Waals surface area contributed by atoms with Gasteiger partial charge in [0.2, 0.25) is 15.9 Å². The van der Waals surface area contributed by atoms with E-state index in [1.165, 1.54) is 23.9 Å². The molecule has 1 saturated carbocycles. The van der Waals surface area contributed by atoms with E-state index < -0.39 is 16.1 Å². The number of thiazole rings is 1. The third-order valence-corrected chi connectivity index (χ3v) is 8.66. The number of anilines is 1. The monoisotopic (exact) mass is 531 g/mol. The minimum Gasteiger partial charge on any atom is -0.477 e. The first-order valence-corrected chi connectivity index (χ1v) is 13.9. The highest BCUT2D eigenvalue weighted by atomic mass is 32.2. The zero-order valence-corrected chi connectivity index (χ0v) is 21.1. The van der Waals surface area contributed by atoms with E-state index in [0.29, 0.717) is 54.8 Å². The quantitative estimate of drug-likeness (QED) is 0.397. The van der Waals surface area contributed by atoms with Crippen LogP contribution in [0.3, 0.4) is 0 Å². The molecule has 1 aliphatic carbocycles. The van der Waals surface area contributed by atoms with Gasteiger partial charge in [-0.25, -0.2) is 28.4 Å². The molecule has 190 valence electrons. The molecule has 14 heteroatoms. The van der Waals surface area contributed by atoms with Crippen LogP contribution in [0.15, 0.2) is 31.0 Å². The average molecular weight is 532 g/mol. The number of rotatable bonds is 10. The van der Waals surface area contributed by atoms with E-state index in [-0.39, 0.29) is 27.9 Å². The summed E-state index contributed by atoms with van der Waals surface area (Å²) in [7, 11) is -3.48. The van der Waals surface area contributed by atoms with E-state index in [2.05, 4.69) is 35.0 Å². The number of nitrogens with one attached hydrogen (secondary N) is 2. The van der Waals surface area contributed by atoms with Crippen molar-refractivity contribution in [3.63, 3.8) is 0 Å². The fourth-order valence-corrected chi connectivity index (χ4v) is 5.94. The first kappa shape index (κ1) is 24.5. The number of ether oxygens (including phenoxy) is 2. The minimum absolute atomic E-state index is 0.0371. The van der Waals surface area contributed by atoms with Crippen LogP contribution in [0.25, 0.3) is 10.6 Å². The summed E-state index contributed by atoms with van der Waals surface area (Å²) in [6.45, 7) is 3.34. The largest absolute Gasteiger partial charge is 0.477 e. The fourth-order valence-electron chi connectivity index (χ4n) is 3.84. The van der Waals surface area contributed by atoms with Gasteiger partial charge in [0.25, 0.3) is 5.91 Å². The molecule has 0 spiro atoms. The molecule has 3 aromatic rings. The summed E-state index contributed by atoms with van der Waals surface area (Å²) in [5.74, 6) is 0.155. The van der Waals surface area contributed by atoms with Crippen molar-refractivity contribution >= 4 is 33.1 Å². The van der Waals surface area contributed by atoms with Crippen molar-refractivity contribution in [2.45, 2.75) is 37.5 Å². The second-order valence-corrected chi connectivity index (χ2v) is 11.4. The van der Waals surface area contributed by atoms with Crippen molar-refractivity contribution in [3.8, 4) is 16.5 Å². The summed E-state index contributed by atoms with van der Waals surface area (Å²) < 4.78 is 38.2. The minimum atomic E-state index is -3.48. The van der Waals surface area contributed by atoms with Gasteiger partial charge in [0, 0.05) is 24.8 Å². The number of sulfonamides is 1. The Morgan fingerprint density at radius 3 is 2.83 bits per heavy atom. The maximum atomic E-state index is 13.2. The van der Waals surface area contributed by atoms with Crippen molar-refractivity contribution < 1.29 is 22.7 Å². The van der Waals surface area contributed by atoms with E-state index in [1.807, 2.05) is 6.92 Å². The van der Waals surface area contributed by atoms with Gasteiger partial charge in [0.1, 0.15) is 17.8 Å². The molecule has 4 heterocycles. The summed E-state index contributed by atoms with van der Waals surface area (Å²) >= 11 is 1.18. The highest BCUT2D eigenvalue weighted by Gasteiger charge is 2.36. The lowest BCUT2D eigenvalue weighted by Gasteiger charge is -2.23. The van der Waals surface area contributed by atoms with Crippen LogP contribution >= 0.6 is 11.3 Å². The molecule has 36 heavy (non-hydrogen) atoms. The van der Waals surface area contributed by atoms with Gasteiger partial charge in [-0.05, 0) is 26.2 Å². The summed E-state index contributed by atoms with van der Waals surface area (Å²) in [6, 6.07) is 1.05. The molecule has 1 aliphatic heterocycles. The molecule has 5 rings (SSSR count). The molecule has 2 N–H and O–H groups in total. The Morgan fingerprint density at radius 2 is 2.08 bits per heavy atom.